The van der Waals surface area contributed by atoms with E-state index in [1.807, 2.05) is 25.1 Å². The standard InChI is InChI=1S/C36H43Cl2N3O7/c1-2-46-25-13-17-41(18-14-25)36(40-15-5-6-16-40,48-26-11-9-23(10-12-26)35(44)45)33(42)20-24-19-30(38)31(21-29(24)37)39-34(43)28-22-47-32-8-4-3-7-27(28)32/h3-4,7-8,19,21-23,25-26H,2,5-6,9-18,20H2,1H3,(H,39,43)(H,44,45). The van der Waals surface area contributed by atoms with Gasteiger partial charge in [-0.15, -0.1) is 0 Å². The van der Waals surface area contributed by atoms with Crippen molar-refractivity contribution in [2.24, 2.45) is 5.92 Å². The number of hydrogen-bond acceptors (Lipinski definition) is 8. The molecule has 1 unspecified atom stereocenters. The Balaban J connectivity index is 1.27. The Labute approximate surface area is 290 Å². The van der Waals surface area contributed by atoms with Gasteiger partial charge in [-0.1, -0.05) is 41.4 Å². The number of nitrogens with zero attached hydrogens (tertiary/aromatic N) is 2. The molecular formula is C36H43Cl2N3O7. The molecule has 3 fully saturated rings. The lowest BCUT2D eigenvalue weighted by Gasteiger charge is -2.51. The monoisotopic (exact) mass is 699 g/mol. The molecule has 3 aliphatic rings. The van der Waals surface area contributed by atoms with Crippen LogP contribution in [-0.4, -0.2) is 83.4 Å². The van der Waals surface area contributed by atoms with E-state index in [-0.39, 0.29) is 29.4 Å². The van der Waals surface area contributed by atoms with Gasteiger partial charge in [-0.25, -0.2) is 0 Å². The van der Waals surface area contributed by atoms with Gasteiger partial charge in [0.05, 0.1) is 34.4 Å². The van der Waals surface area contributed by atoms with Crippen molar-refractivity contribution in [1.29, 1.82) is 0 Å². The van der Waals surface area contributed by atoms with E-state index in [0.29, 0.717) is 91.3 Å². The zero-order valence-corrected chi connectivity index (χ0v) is 28.7. The SMILES string of the molecule is CCOC1CCN(C(OC2CCC(C(=O)O)CC2)(C(=O)Cc2cc(Cl)c(NC(=O)c3coc4ccccc34)cc2Cl)N2CCCC2)CC1. The molecule has 2 N–H and O–H groups in total. The van der Waals surface area contributed by atoms with E-state index in [4.69, 9.17) is 37.1 Å². The highest BCUT2D eigenvalue weighted by atomic mass is 35.5. The molecule has 2 aromatic carbocycles. The van der Waals surface area contributed by atoms with Crippen molar-refractivity contribution < 1.29 is 33.4 Å². The van der Waals surface area contributed by atoms with Crippen LogP contribution in [0.15, 0.2) is 47.1 Å². The van der Waals surface area contributed by atoms with Gasteiger partial charge in [0.2, 0.25) is 5.85 Å². The lowest BCUT2D eigenvalue weighted by Crippen LogP contribution is -2.69. The molecule has 2 saturated heterocycles. The first-order chi connectivity index (χ1) is 23.2. The minimum Gasteiger partial charge on any atom is -0.481 e. The maximum Gasteiger partial charge on any atom is 0.306 e. The van der Waals surface area contributed by atoms with Crippen LogP contribution < -0.4 is 5.32 Å². The minimum absolute atomic E-state index is 0.0362. The largest absolute Gasteiger partial charge is 0.481 e. The van der Waals surface area contributed by atoms with Crippen LogP contribution >= 0.6 is 23.2 Å². The predicted octanol–water partition coefficient (Wildman–Crippen LogP) is 7.01. The summed E-state index contributed by atoms with van der Waals surface area (Å²) in [6, 6.07) is 10.5. The van der Waals surface area contributed by atoms with Crippen molar-refractivity contribution >= 4 is 57.5 Å². The molecule has 0 spiro atoms. The highest BCUT2D eigenvalue weighted by Crippen LogP contribution is 2.39. The highest BCUT2D eigenvalue weighted by Gasteiger charge is 2.53. The van der Waals surface area contributed by atoms with Crippen LogP contribution in [0.25, 0.3) is 11.0 Å². The third-order valence-electron chi connectivity index (χ3n) is 9.99. The molecular weight excluding hydrogens is 657 g/mol. The van der Waals surface area contributed by atoms with E-state index in [1.54, 1.807) is 18.2 Å². The molecule has 2 aliphatic heterocycles. The van der Waals surface area contributed by atoms with Gasteiger partial charge in [0.25, 0.3) is 5.91 Å². The predicted molar refractivity (Wildman–Crippen MR) is 184 cm³/mol. The number of amides is 1. The fourth-order valence-corrected chi connectivity index (χ4v) is 7.92. The maximum atomic E-state index is 14.9. The van der Waals surface area contributed by atoms with E-state index in [0.717, 1.165) is 25.7 Å². The third-order valence-corrected chi connectivity index (χ3v) is 10.7. The van der Waals surface area contributed by atoms with E-state index in [9.17, 15) is 19.5 Å². The van der Waals surface area contributed by atoms with Crippen LogP contribution in [0.4, 0.5) is 5.69 Å². The van der Waals surface area contributed by atoms with Crippen LogP contribution in [-0.2, 0) is 25.5 Å². The second-order valence-corrected chi connectivity index (χ2v) is 13.8. The Morgan fingerprint density at radius 3 is 2.31 bits per heavy atom. The number of hydrogen-bond donors (Lipinski definition) is 2. The first-order valence-electron chi connectivity index (χ1n) is 17.0. The number of para-hydroxylation sites is 1. The Bertz CT molecular complexity index is 1620. The molecule has 1 amide bonds. The number of rotatable bonds is 12. The topological polar surface area (TPSA) is 122 Å². The molecule has 12 heteroatoms. The summed E-state index contributed by atoms with van der Waals surface area (Å²) in [5, 5.41) is 13.7. The van der Waals surface area contributed by atoms with Crippen LogP contribution in [0, 0.1) is 5.92 Å². The zero-order valence-electron chi connectivity index (χ0n) is 27.2. The molecule has 1 saturated carbocycles. The number of halogens is 2. The molecule has 0 radical (unpaired) electrons. The molecule has 1 atom stereocenters. The number of nitrogens with one attached hydrogen (secondary N) is 1. The summed E-state index contributed by atoms with van der Waals surface area (Å²) < 4.78 is 18.5. The summed E-state index contributed by atoms with van der Waals surface area (Å²) in [4.78, 5) is 44.1. The average molecular weight is 701 g/mol. The van der Waals surface area contributed by atoms with Crippen LogP contribution in [0.3, 0.4) is 0 Å². The van der Waals surface area contributed by atoms with Gasteiger partial charge in [-0.05, 0) is 82.1 Å². The number of benzene rings is 2. The van der Waals surface area contributed by atoms with Gasteiger partial charge in [0, 0.05) is 49.6 Å². The Morgan fingerprint density at radius 1 is 0.938 bits per heavy atom. The number of ether oxygens (including phenoxy) is 2. The highest BCUT2D eigenvalue weighted by molar-refractivity contribution is 6.36. The summed E-state index contributed by atoms with van der Waals surface area (Å²) in [5.41, 5.74) is 1.82. The quantitative estimate of drug-likeness (QED) is 0.206. The van der Waals surface area contributed by atoms with Gasteiger partial charge < -0.3 is 24.3 Å². The van der Waals surface area contributed by atoms with Crippen LogP contribution in [0.5, 0.6) is 0 Å². The summed E-state index contributed by atoms with van der Waals surface area (Å²) in [6.45, 7) is 5.30. The number of ketones is 1. The minimum atomic E-state index is -1.33. The van der Waals surface area contributed by atoms with Crippen LogP contribution in [0.2, 0.25) is 10.0 Å². The molecule has 1 aliphatic carbocycles. The molecule has 3 aromatic rings. The summed E-state index contributed by atoms with van der Waals surface area (Å²) in [5.74, 6) is -3.04. The molecule has 0 bridgehead atoms. The number of likely N-dealkylation sites (tertiary alicyclic amines) is 2. The number of furan rings is 1. The Kier molecular flexibility index (Phi) is 11.1. The Hall–Kier alpha value is -2.99. The second-order valence-electron chi connectivity index (χ2n) is 13.0. The third kappa shape index (κ3) is 7.29. The van der Waals surface area contributed by atoms with E-state index < -0.39 is 23.6 Å². The van der Waals surface area contributed by atoms with Gasteiger partial charge in [0.15, 0.2) is 5.78 Å². The molecule has 1 aromatic heterocycles. The fourth-order valence-electron chi connectivity index (χ4n) is 7.46. The molecule has 48 heavy (non-hydrogen) atoms. The maximum absolute atomic E-state index is 14.9. The lowest BCUT2D eigenvalue weighted by molar-refractivity contribution is -0.261. The van der Waals surface area contributed by atoms with Crippen molar-refractivity contribution in [2.75, 3.05) is 38.1 Å². The Morgan fingerprint density at radius 2 is 1.62 bits per heavy atom. The van der Waals surface area contributed by atoms with Crippen molar-refractivity contribution in [3.63, 3.8) is 0 Å². The zero-order chi connectivity index (χ0) is 33.8. The number of anilines is 1. The van der Waals surface area contributed by atoms with E-state index >= 15 is 0 Å². The molecule has 3 heterocycles. The van der Waals surface area contributed by atoms with Crippen molar-refractivity contribution in [1.82, 2.24) is 9.80 Å². The number of carbonyl (C=O) groups is 3. The molecule has 258 valence electrons. The second kappa shape index (κ2) is 15.3. The summed E-state index contributed by atoms with van der Waals surface area (Å²) in [6.07, 6.45) is 6.86. The van der Waals surface area contributed by atoms with Gasteiger partial charge in [-0.2, -0.15) is 0 Å². The number of carboxylic acid groups (broad SMARTS) is 1. The van der Waals surface area contributed by atoms with Gasteiger partial charge in [-0.3, -0.25) is 24.2 Å². The summed E-state index contributed by atoms with van der Waals surface area (Å²) >= 11 is 13.5. The van der Waals surface area contributed by atoms with Crippen LogP contribution in [0.1, 0.15) is 74.2 Å². The lowest BCUT2D eigenvalue weighted by atomic mass is 9.87. The van der Waals surface area contributed by atoms with Crippen molar-refractivity contribution in [2.45, 2.75) is 82.8 Å². The molecule has 10 nitrogen and oxygen atoms in total. The number of carboxylic acids is 1. The number of aliphatic carboxylic acids is 1. The van der Waals surface area contributed by atoms with Gasteiger partial charge >= 0.3 is 5.97 Å². The number of carbonyl (C=O) groups excluding carboxylic acids is 2. The smallest absolute Gasteiger partial charge is 0.306 e. The number of Topliss-reactive ketones (excluding diaryl/α,β-unsaturated/α-hetero) is 1. The normalized spacial score (nSPS) is 22.5. The van der Waals surface area contributed by atoms with E-state index in [1.165, 1.54) is 6.26 Å². The molecule has 6 rings (SSSR count). The average Bonchev–Trinajstić information content (AvgIpc) is 3.78. The first kappa shape index (κ1) is 34.9. The van der Waals surface area contributed by atoms with Gasteiger partial charge in [0.1, 0.15) is 11.8 Å². The van der Waals surface area contributed by atoms with Crippen molar-refractivity contribution in [3.8, 4) is 0 Å². The summed E-state index contributed by atoms with van der Waals surface area (Å²) in [7, 11) is 0. The first-order valence-corrected chi connectivity index (χ1v) is 17.8. The number of fused-ring (bicyclic) bond motifs is 1. The fraction of sp³-hybridized carbons (Fsp3) is 0.528. The van der Waals surface area contributed by atoms with E-state index in [2.05, 4.69) is 15.1 Å². The van der Waals surface area contributed by atoms with Crippen molar-refractivity contribution in [3.05, 3.63) is 63.8 Å². The number of piperidine rings is 1.